The van der Waals surface area contributed by atoms with Gasteiger partial charge in [0.1, 0.15) is 5.82 Å². The van der Waals surface area contributed by atoms with Crippen LogP contribution >= 0.6 is 22.6 Å². The minimum absolute atomic E-state index is 0.225. The first-order chi connectivity index (χ1) is 9.29. The van der Waals surface area contributed by atoms with Crippen molar-refractivity contribution in [2.24, 2.45) is 0 Å². The first-order valence-electron chi connectivity index (χ1n) is 5.85. The van der Waals surface area contributed by atoms with Crippen molar-refractivity contribution in [3.63, 3.8) is 0 Å². The highest BCUT2D eigenvalue weighted by Crippen LogP contribution is 2.24. The van der Waals surface area contributed by atoms with E-state index in [1.165, 1.54) is 18.2 Å². The molecule has 0 atom stereocenters. The minimum Gasteiger partial charge on any atom is -0.279 e. The van der Waals surface area contributed by atoms with Crippen LogP contribution in [0.1, 0.15) is 11.1 Å². The molecular formula is C14H13FINO2S. The van der Waals surface area contributed by atoms with Gasteiger partial charge in [-0.25, -0.2) is 12.8 Å². The quantitative estimate of drug-likeness (QED) is 0.789. The van der Waals surface area contributed by atoms with Crippen LogP contribution < -0.4 is 4.72 Å². The van der Waals surface area contributed by atoms with Gasteiger partial charge in [-0.3, -0.25) is 4.72 Å². The van der Waals surface area contributed by atoms with Crippen LogP contribution in [0.15, 0.2) is 41.3 Å². The van der Waals surface area contributed by atoms with Gasteiger partial charge in [0.2, 0.25) is 0 Å². The molecule has 0 aliphatic heterocycles. The lowest BCUT2D eigenvalue weighted by Gasteiger charge is -2.12. The Morgan fingerprint density at radius 1 is 1.10 bits per heavy atom. The number of aryl methyl sites for hydroxylation is 2. The molecule has 0 spiro atoms. The summed E-state index contributed by atoms with van der Waals surface area (Å²) in [6.45, 7) is 3.65. The monoisotopic (exact) mass is 405 g/mol. The maximum Gasteiger partial charge on any atom is 0.262 e. The maximum absolute atomic E-state index is 13.0. The van der Waals surface area contributed by atoms with Crippen LogP contribution in [0.3, 0.4) is 0 Å². The van der Waals surface area contributed by atoms with Crippen LogP contribution in [0, 0.1) is 23.2 Å². The SMILES string of the molecule is Cc1ccc(S(=O)(=O)Nc2ccc(F)cc2I)c(C)c1. The van der Waals surface area contributed by atoms with E-state index in [-0.39, 0.29) is 4.90 Å². The van der Waals surface area contributed by atoms with Crippen molar-refractivity contribution in [2.45, 2.75) is 18.7 Å². The van der Waals surface area contributed by atoms with Crippen molar-refractivity contribution in [3.05, 3.63) is 56.9 Å². The second-order valence-electron chi connectivity index (χ2n) is 4.50. The normalized spacial score (nSPS) is 11.4. The molecule has 0 saturated carbocycles. The number of hydrogen-bond donors (Lipinski definition) is 1. The van der Waals surface area contributed by atoms with Gasteiger partial charge in [-0.15, -0.1) is 0 Å². The molecule has 0 amide bonds. The van der Waals surface area contributed by atoms with Gasteiger partial charge in [-0.1, -0.05) is 17.7 Å². The summed E-state index contributed by atoms with van der Waals surface area (Å²) >= 11 is 1.89. The minimum atomic E-state index is -3.67. The lowest BCUT2D eigenvalue weighted by molar-refractivity contribution is 0.600. The van der Waals surface area contributed by atoms with Crippen molar-refractivity contribution in [2.75, 3.05) is 4.72 Å². The molecule has 0 heterocycles. The van der Waals surface area contributed by atoms with E-state index in [2.05, 4.69) is 4.72 Å². The summed E-state index contributed by atoms with van der Waals surface area (Å²) in [5, 5.41) is 0. The fourth-order valence-corrected chi connectivity index (χ4v) is 3.98. The third kappa shape index (κ3) is 3.29. The first kappa shape index (κ1) is 15.2. The molecule has 0 saturated heterocycles. The molecule has 0 aliphatic rings. The smallest absolute Gasteiger partial charge is 0.262 e. The number of halogens is 2. The Balaban J connectivity index is 2.41. The molecule has 2 rings (SSSR count). The number of anilines is 1. The van der Waals surface area contributed by atoms with E-state index in [0.717, 1.165) is 5.56 Å². The summed E-state index contributed by atoms with van der Waals surface area (Å²) < 4.78 is 40.8. The predicted molar refractivity (Wildman–Crippen MR) is 85.8 cm³/mol. The summed E-state index contributed by atoms with van der Waals surface area (Å²) in [6.07, 6.45) is 0. The molecule has 0 radical (unpaired) electrons. The molecule has 0 bridgehead atoms. The summed E-state index contributed by atoms with van der Waals surface area (Å²) in [5.41, 5.74) is 2.04. The van der Waals surface area contributed by atoms with Crippen molar-refractivity contribution in [1.29, 1.82) is 0 Å². The van der Waals surface area contributed by atoms with Crippen molar-refractivity contribution in [1.82, 2.24) is 0 Å². The van der Waals surface area contributed by atoms with Gasteiger partial charge in [0, 0.05) is 3.57 Å². The third-order valence-electron chi connectivity index (χ3n) is 2.80. The van der Waals surface area contributed by atoms with Gasteiger partial charge in [0.05, 0.1) is 10.6 Å². The van der Waals surface area contributed by atoms with Gasteiger partial charge in [-0.05, 0) is 66.3 Å². The number of rotatable bonds is 3. The zero-order valence-corrected chi connectivity index (χ0v) is 13.9. The first-order valence-corrected chi connectivity index (χ1v) is 8.41. The summed E-state index contributed by atoms with van der Waals surface area (Å²) in [6, 6.07) is 9.05. The average Bonchev–Trinajstić information content (AvgIpc) is 2.32. The zero-order chi connectivity index (χ0) is 14.9. The van der Waals surface area contributed by atoms with Crippen LogP contribution in [0.2, 0.25) is 0 Å². The van der Waals surface area contributed by atoms with Gasteiger partial charge in [-0.2, -0.15) is 0 Å². The van der Waals surface area contributed by atoms with E-state index in [0.29, 0.717) is 14.8 Å². The number of sulfonamides is 1. The second-order valence-corrected chi connectivity index (χ2v) is 7.31. The molecule has 3 nitrogen and oxygen atoms in total. The highest BCUT2D eigenvalue weighted by molar-refractivity contribution is 14.1. The number of nitrogens with one attached hydrogen (secondary N) is 1. The summed E-state index contributed by atoms with van der Waals surface area (Å²) in [7, 11) is -3.67. The van der Waals surface area contributed by atoms with E-state index >= 15 is 0 Å². The van der Waals surface area contributed by atoms with Gasteiger partial charge in [0.15, 0.2) is 0 Å². The van der Waals surface area contributed by atoms with Crippen LogP contribution in [-0.4, -0.2) is 8.42 Å². The Labute approximate surface area is 131 Å². The molecule has 106 valence electrons. The van der Waals surface area contributed by atoms with E-state index in [1.807, 2.05) is 35.6 Å². The van der Waals surface area contributed by atoms with Gasteiger partial charge in [0.25, 0.3) is 10.0 Å². The predicted octanol–water partition coefficient (Wildman–Crippen LogP) is 3.85. The lowest BCUT2D eigenvalue weighted by Crippen LogP contribution is -2.15. The molecule has 2 aromatic rings. The highest BCUT2D eigenvalue weighted by atomic mass is 127. The van der Waals surface area contributed by atoms with Gasteiger partial charge < -0.3 is 0 Å². The third-order valence-corrected chi connectivity index (χ3v) is 5.21. The fraction of sp³-hybridized carbons (Fsp3) is 0.143. The maximum atomic E-state index is 13.0. The molecule has 6 heteroatoms. The van der Waals surface area contributed by atoms with E-state index < -0.39 is 15.8 Å². The average molecular weight is 405 g/mol. The Morgan fingerprint density at radius 3 is 2.40 bits per heavy atom. The standard InChI is InChI=1S/C14H13FINO2S/c1-9-3-6-14(10(2)7-9)20(18,19)17-13-5-4-11(15)8-12(13)16/h3-8,17H,1-2H3. The molecule has 0 unspecified atom stereocenters. The Morgan fingerprint density at radius 2 is 1.80 bits per heavy atom. The summed E-state index contributed by atoms with van der Waals surface area (Å²) in [5.74, 6) is -0.399. The highest BCUT2D eigenvalue weighted by Gasteiger charge is 2.18. The topological polar surface area (TPSA) is 46.2 Å². The van der Waals surface area contributed by atoms with Crippen molar-refractivity contribution in [3.8, 4) is 0 Å². The molecule has 0 aliphatic carbocycles. The van der Waals surface area contributed by atoms with Crippen LogP contribution in [0.4, 0.5) is 10.1 Å². The van der Waals surface area contributed by atoms with E-state index in [9.17, 15) is 12.8 Å². The Hall–Kier alpha value is -1.15. The molecule has 1 N–H and O–H groups in total. The van der Waals surface area contributed by atoms with E-state index in [4.69, 9.17) is 0 Å². The lowest BCUT2D eigenvalue weighted by atomic mass is 10.2. The molecule has 2 aromatic carbocycles. The second kappa shape index (κ2) is 5.69. The van der Waals surface area contributed by atoms with Crippen molar-refractivity contribution >= 4 is 38.3 Å². The van der Waals surface area contributed by atoms with Gasteiger partial charge >= 0.3 is 0 Å². The van der Waals surface area contributed by atoms with Crippen LogP contribution in [-0.2, 0) is 10.0 Å². The number of benzene rings is 2. The summed E-state index contributed by atoms with van der Waals surface area (Å²) in [4.78, 5) is 0.225. The molecule has 20 heavy (non-hydrogen) atoms. The van der Waals surface area contributed by atoms with Crippen LogP contribution in [0.25, 0.3) is 0 Å². The van der Waals surface area contributed by atoms with Crippen molar-refractivity contribution < 1.29 is 12.8 Å². The van der Waals surface area contributed by atoms with E-state index in [1.54, 1.807) is 19.1 Å². The molecule has 0 fully saturated rings. The molecule has 0 aromatic heterocycles. The fourth-order valence-electron chi connectivity index (χ4n) is 1.87. The Bertz CT molecular complexity index is 760. The zero-order valence-electron chi connectivity index (χ0n) is 10.9. The van der Waals surface area contributed by atoms with Crippen LogP contribution in [0.5, 0.6) is 0 Å². The molecular weight excluding hydrogens is 392 g/mol. The largest absolute Gasteiger partial charge is 0.279 e. The Kier molecular flexibility index (Phi) is 4.33. The number of hydrogen-bond acceptors (Lipinski definition) is 2.